The average molecular weight is 252 g/mol. The molecule has 0 aliphatic carbocycles. The van der Waals surface area contributed by atoms with Crippen molar-refractivity contribution < 1.29 is 4.74 Å². The second kappa shape index (κ2) is 7.16. The summed E-state index contributed by atoms with van der Waals surface area (Å²) >= 11 is 0. The van der Waals surface area contributed by atoms with Crippen molar-refractivity contribution in [2.24, 2.45) is 4.99 Å². The maximum atomic E-state index is 8.18. The van der Waals surface area contributed by atoms with Gasteiger partial charge in [0.2, 0.25) is 0 Å². The molecule has 0 amide bonds. The van der Waals surface area contributed by atoms with Crippen molar-refractivity contribution in [2.75, 3.05) is 26.8 Å². The molecule has 1 saturated heterocycles. The summed E-state index contributed by atoms with van der Waals surface area (Å²) in [6, 6.07) is 0.150. The van der Waals surface area contributed by atoms with Gasteiger partial charge in [-0.25, -0.2) is 4.99 Å². The quantitative estimate of drug-likeness (QED) is 0.558. The Bertz CT molecular complexity index is 332. The van der Waals surface area contributed by atoms with E-state index in [-0.39, 0.29) is 6.04 Å². The maximum Gasteiger partial charge on any atom is 0.132 e. The second-order valence-electron chi connectivity index (χ2n) is 4.68. The number of hydrogen-bond acceptors (Lipinski definition) is 4. The van der Waals surface area contributed by atoms with E-state index in [0.717, 1.165) is 18.7 Å². The smallest absolute Gasteiger partial charge is 0.132 e. The van der Waals surface area contributed by atoms with Crippen LogP contribution in [0.2, 0.25) is 0 Å². The maximum absolute atomic E-state index is 8.18. The van der Waals surface area contributed by atoms with E-state index in [9.17, 15) is 0 Å². The second-order valence-corrected chi connectivity index (χ2v) is 4.68. The van der Waals surface area contributed by atoms with Crippen LogP contribution in [0, 0.1) is 5.41 Å². The number of amidine groups is 1. The van der Waals surface area contributed by atoms with Crippen LogP contribution in [-0.2, 0) is 4.74 Å². The number of methoxy groups -OCH3 is 1. The number of ether oxygens (including phenoxy) is 1. The van der Waals surface area contributed by atoms with E-state index in [1.165, 1.54) is 12.8 Å². The highest BCUT2D eigenvalue weighted by atomic mass is 16.5. The van der Waals surface area contributed by atoms with E-state index in [0.29, 0.717) is 18.3 Å². The fourth-order valence-corrected chi connectivity index (χ4v) is 2.09. The van der Waals surface area contributed by atoms with Gasteiger partial charge in [0.25, 0.3) is 0 Å². The Morgan fingerprint density at radius 2 is 2.11 bits per heavy atom. The zero-order valence-corrected chi connectivity index (χ0v) is 11.6. The van der Waals surface area contributed by atoms with Gasteiger partial charge in [0.15, 0.2) is 0 Å². The summed E-state index contributed by atoms with van der Waals surface area (Å²) < 4.78 is 5.08. The number of nitrogens with one attached hydrogen (secondary N) is 2. The van der Waals surface area contributed by atoms with Gasteiger partial charge in [-0.05, 0) is 33.4 Å². The lowest BCUT2D eigenvalue weighted by molar-refractivity contribution is 0.176. The molecule has 1 atom stereocenters. The first-order valence-electron chi connectivity index (χ1n) is 6.37. The number of likely N-dealkylation sites (tertiary alicyclic amines) is 1. The Hall–Kier alpha value is -1.36. The van der Waals surface area contributed by atoms with E-state index in [1.54, 1.807) is 7.11 Å². The minimum Gasteiger partial charge on any atom is -0.383 e. The van der Waals surface area contributed by atoms with Gasteiger partial charge >= 0.3 is 0 Å². The first kappa shape index (κ1) is 14.7. The van der Waals surface area contributed by atoms with Crippen molar-refractivity contribution in [2.45, 2.75) is 32.7 Å². The topological polar surface area (TPSA) is 60.7 Å². The fourth-order valence-electron chi connectivity index (χ4n) is 2.09. The minimum absolute atomic E-state index is 0.150. The molecule has 102 valence electrons. The molecule has 2 N–H and O–H groups in total. The molecule has 1 aliphatic rings. The predicted octanol–water partition coefficient (Wildman–Crippen LogP) is 1.62. The van der Waals surface area contributed by atoms with E-state index in [2.05, 4.69) is 21.9 Å². The van der Waals surface area contributed by atoms with Gasteiger partial charge in [-0.15, -0.1) is 0 Å². The van der Waals surface area contributed by atoms with Crippen molar-refractivity contribution in [1.82, 2.24) is 10.2 Å². The summed E-state index contributed by atoms with van der Waals surface area (Å²) in [4.78, 5) is 6.08. The van der Waals surface area contributed by atoms with Gasteiger partial charge in [-0.3, -0.25) is 5.41 Å². The SMILES string of the molecule is C=N/C(N[C@H](C)COC)=C(/C)C(=N)N1CCCC1. The minimum atomic E-state index is 0.150. The summed E-state index contributed by atoms with van der Waals surface area (Å²) in [7, 11) is 1.67. The summed E-state index contributed by atoms with van der Waals surface area (Å²) in [6.45, 7) is 10.0. The van der Waals surface area contributed by atoms with Crippen LogP contribution in [0.15, 0.2) is 16.4 Å². The third-order valence-corrected chi connectivity index (χ3v) is 3.09. The fraction of sp³-hybridized carbons (Fsp3) is 0.692. The van der Waals surface area contributed by atoms with Gasteiger partial charge in [0.05, 0.1) is 6.61 Å². The molecular formula is C13H24N4O. The summed E-state index contributed by atoms with van der Waals surface area (Å²) in [5.74, 6) is 1.23. The van der Waals surface area contributed by atoms with Crippen LogP contribution in [0.4, 0.5) is 0 Å². The Balaban J connectivity index is 2.71. The van der Waals surface area contributed by atoms with Crippen molar-refractivity contribution >= 4 is 12.6 Å². The van der Waals surface area contributed by atoms with Crippen molar-refractivity contribution in [3.63, 3.8) is 0 Å². The normalized spacial score (nSPS) is 18.3. The molecular weight excluding hydrogens is 228 g/mol. The number of rotatable bonds is 6. The molecule has 0 aromatic carbocycles. The van der Waals surface area contributed by atoms with Gasteiger partial charge < -0.3 is 15.0 Å². The molecule has 0 aromatic heterocycles. The molecule has 18 heavy (non-hydrogen) atoms. The van der Waals surface area contributed by atoms with Crippen molar-refractivity contribution in [3.8, 4) is 0 Å². The molecule has 0 spiro atoms. The van der Waals surface area contributed by atoms with E-state index in [1.807, 2.05) is 13.8 Å². The molecule has 0 bridgehead atoms. The molecule has 1 rings (SSSR count). The standard InChI is InChI=1S/C13H24N4O/c1-10(9-18-4)16-13(15-3)11(2)12(14)17-7-5-6-8-17/h10,14,16H,3,5-9H2,1-2,4H3/b13-11+,14-12?/t10-/m1/s1. The number of nitrogens with zero attached hydrogens (tertiary/aromatic N) is 2. The zero-order valence-electron chi connectivity index (χ0n) is 11.6. The largest absolute Gasteiger partial charge is 0.383 e. The molecule has 1 aliphatic heterocycles. The molecule has 5 nitrogen and oxygen atoms in total. The molecule has 1 fully saturated rings. The number of aliphatic imine (C=N–C) groups is 1. The van der Waals surface area contributed by atoms with Gasteiger partial charge in [-0.1, -0.05) is 0 Å². The van der Waals surface area contributed by atoms with Gasteiger partial charge in [0, 0.05) is 31.8 Å². The lowest BCUT2D eigenvalue weighted by Gasteiger charge is -2.22. The van der Waals surface area contributed by atoms with E-state index in [4.69, 9.17) is 10.1 Å². The van der Waals surface area contributed by atoms with Crippen LogP contribution in [0.3, 0.4) is 0 Å². The summed E-state index contributed by atoms with van der Waals surface area (Å²) in [5, 5.41) is 11.4. The Morgan fingerprint density at radius 1 is 1.50 bits per heavy atom. The van der Waals surface area contributed by atoms with Crippen LogP contribution < -0.4 is 5.32 Å². The van der Waals surface area contributed by atoms with Crippen molar-refractivity contribution in [1.29, 1.82) is 5.41 Å². The lowest BCUT2D eigenvalue weighted by Crippen LogP contribution is -2.33. The summed E-state index contributed by atoms with van der Waals surface area (Å²) in [6.07, 6.45) is 2.33. The van der Waals surface area contributed by atoms with Crippen LogP contribution in [0.5, 0.6) is 0 Å². The van der Waals surface area contributed by atoms with Crippen molar-refractivity contribution in [3.05, 3.63) is 11.4 Å². The molecule has 0 unspecified atom stereocenters. The highest BCUT2D eigenvalue weighted by Gasteiger charge is 2.18. The highest BCUT2D eigenvalue weighted by Crippen LogP contribution is 2.14. The van der Waals surface area contributed by atoms with Crippen LogP contribution >= 0.6 is 0 Å². The van der Waals surface area contributed by atoms with E-state index < -0.39 is 0 Å². The number of hydrogen-bond donors (Lipinski definition) is 2. The third-order valence-electron chi connectivity index (χ3n) is 3.09. The molecule has 0 radical (unpaired) electrons. The molecule has 1 heterocycles. The van der Waals surface area contributed by atoms with Crippen LogP contribution in [-0.4, -0.2) is 50.3 Å². The Kier molecular flexibility index (Phi) is 5.85. The average Bonchev–Trinajstić information content (AvgIpc) is 2.88. The summed E-state index contributed by atoms with van der Waals surface area (Å²) in [5.41, 5.74) is 0.842. The lowest BCUT2D eigenvalue weighted by atomic mass is 10.2. The molecule has 0 saturated carbocycles. The Labute approximate surface area is 109 Å². The molecule has 0 aromatic rings. The highest BCUT2D eigenvalue weighted by molar-refractivity contribution is 5.96. The van der Waals surface area contributed by atoms with Gasteiger partial charge in [0.1, 0.15) is 11.7 Å². The first-order chi connectivity index (χ1) is 8.60. The predicted molar refractivity (Wildman–Crippen MR) is 75.3 cm³/mol. The monoisotopic (exact) mass is 252 g/mol. The Morgan fingerprint density at radius 3 is 2.61 bits per heavy atom. The van der Waals surface area contributed by atoms with E-state index >= 15 is 0 Å². The first-order valence-corrected chi connectivity index (χ1v) is 6.37. The third kappa shape index (κ3) is 3.84. The van der Waals surface area contributed by atoms with Crippen LogP contribution in [0.25, 0.3) is 0 Å². The van der Waals surface area contributed by atoms with Gasteiger partial charge in [-0.2, -0.15) is 0 Å². The zero-order chi connectivity index (χ0) is 13.5. The molecule has 5 heteroatoms. The van der Waals surface area contributed by atoms with Crippen LogP contribution in [0.1, 0.15) is 26.7 Å².